The molecule has 0 bridgehead atoms. The molecule has 5 nitrogen and oxygen atoms in total. The highest BCUT2D eigenvalue weighted by molar-refractivity contribution is 6.04. The first kappa shape index (κ1) is 13.3. The van der Waals surface area contributed by atoms with Gasteiger partial charge in [-0.3, -0.25) is 4.68 Å². The third-order valence-corrected chi connectivity index (χ3v) is 3.56. The Bertz CT molecular complexity index is 865. The van der Waals surface area contributed by atoms with E-state index in [2.05, 4.69) is 10.1 Å². The van der Waals surface area contributed by atoms with Gasteiger partial charge in [0.2, 0.25) is 0 Å². The maximum absolute atomic E-state index is 11.6. The van der Waals surface area contributed by atoms with Crippen molar-refractivity contribution in [2.45, 2.75) is 13.8 Å². The Labute approximate surface area is 121 Å². The highest BCUT2D eigenvalue weighted by atomic mass is 16.4. The minimum Gasteiger partial charge on any atom is -0.478 e. The molecule has 21 heavy (non-hydrogen) atoms. The van der Waals surface area contributed by atoms with Crippen LogP contribution < -0.4 is 0 Å². The van der Waals surface area contributed by atoms with Crippen molar-refractivity contribution in [3.63, 3.8) is 0 Å². The van der Waals surface area contributed by atoms with Crippen LogP contribution in [0.5, 0.6) is 0 Å². The van der Waals surface area contributed by atoms with E-state index in [0.717, 1.165) is 22.3 Å². The second-order valence-electron chi connectivity index (χ2n) is 5.18. The summed E-state index contributed by atoms with van der Waals surface area (Å²) in [5.74, 6) is -0.948. The predicted molar refractivity (Wildman–Crippen MR) is 80.4 cm³/mol. The van der Waals surface area contributed by atoms with Gasteiger partial charge in [0.15, 0.2) is 0 Å². The Morgan fingerprint density at radius 1 is 1.24 bits per heavy atom. The highest BCUT2D eigenvalue weighted by Crippen LogP contribution is 2.27. The van der Waals surface area contributed by atoms with Crippen molar-refractivity contribution in [2.75, 3.05) is 0 Å². The van der Waals surface area contributed by atoms with Gasteiger partial charge in [-0.2, -0.15) is 5.10 Å². The lowest BCUT2D eigenvalue weighted by Crippen LogP contribution is -2.03. The lowest BCUT2D eigenvalue weighted by atomic mass is 10.0. The van der Waals surface area contributed by atoms with Crippen molar-refractivity contribution in [3.05, 3.63) is 47.2 Å². The lowest BCUT2D eigenvalue weighted by Gasteiger charge is -2.10. The van der Waals surface area contributed by atoms with Crippen molar-refractivity contribution >= 4 is 16.9 Å². The Balaban J connectivity index is 2.40. The summed E-state index contributed by atoms with van der Waals surface area (Å²) in [5.41, 5.74) is 4.39. The van der Waals surface area contributed by atoms with E-state index in [0.29, 0.717) is 11.1 Å². The van der Waals surface area contributed by atoms with Gasteiger partial charge in [0.05, 0.1) is 22.5 Å². The molecule has 0 radical (unpaired) electrons. The van der Waals surface area contributed by atoms with Crippen LogP contribution in [0.1, 0.15) is 21.5 Å². The molecule has 5 heteroatoms. The number of fused-ring (bicyclic) bond motifs is 1. The largest absolute Gasteiger partial charge is 0.478 e. The van der Waals surface area contributed by atoms with E-state index in [1.165, 1.54) is 0 Å². The summed E-state index contributed by atoms with van der Waals surface area (Å²) in [5, 5.41) is 14.3. The van der Waals surface area contributed by atoms with Crippen molar-refractivity contribution in [2.24, 2.45) is 7.05 Å². The fourth-order valence-electron chi connectivity index (χ4n) is 2.61. The van der Waals surface area contributed by atoms with Crippen LogP contribution in [0.25, 0.3) is 22.3 Å². The lowest BCUT2D eigenvalue weighted by molar-refractivity contribution is 0.0699. The quantitative estimate of drug-likeness (QED) is 0.784. The van der Waals surface area contributed by atoms with Gasteiger partial charge in [0.25, 0.3) is 0 Å². The first-order valence-corrected chi connectivity index (χ1v) is 6.61. The van der Waals surface area contributed by atoms with Gasteiger partial charge < -0.3 is 5.11 Å². The molecular weight excluding hydrogens is 266 g/mol. The van der Waals surface area contributed by atoms with E-state index in [1.807, 2.05) is 39.1 Å². The molecule has 0 amide bonds. The summed E-state index contributed by atoms with van der Waals surface area (Å²) in [6.45, 7) is 3.90. The molecule has 0 saturated carbocycles. The third-order valence-electron chi connectivity index (χ3n) is 3.56. The molecule has 0 fully saturated rings. The standard InChI is InChI=1S/C16H15N3O2/c1-9-6-10(2)15-11(7-9)12(16(20)21)8-13(18-15)14-4-5-17-19(14)3/h4-8H,1-3H3,(H,20,21). The monoisotopic (exact) mass is 281 g/mol. The summed E-state index contributed by atoms with van der Waals surface area (Å²) in [7, 11) is 1.81. The molecule has 1 N–H and O–H groups in total. The van der Waals surface area contributed by atoms with Crippen molar-refractivity contribution in [1.82, 2.24) is 14.8 Å². The number of nitrogens with zero attached hydrogens (tertiary/aromatic N) is 3. The number of aromatic carboxylic acids is 1. The van der Waals surface area contributed by atoms with Crippen molar-refractivity contribution in [1.29, 1.82) is 0 Å². The molecule has 0 spiro atoms. The molecule has 106 valence electrons. The Morgan fingerprint density at radius 2 is 2.00 bits per heavy atom. The number of rotatable bonds is 2. The zero-order valence-corrected chi connectivity index (χ0v) is 12.1. The summed E-state index contributed by atoms with van der Waals surface area (Å²) in [6, 6.07) is 7.31. The van der Waals surface area contributed by atoms with Crippen LogP contribution in [0.3, 0.4) is 0 Å². The van der Waals surface area contributed by atoms with Crippen LogP contribution in [-0.4, -0.2) is 25.8 Å². The summed E-state index contributed by atoms with van der Waals surface area (Å²) >= 11 is 0. The highest BCUT2D eigenvalue weighted by Gasteiger charge is 2.16. The van der Waals surface area contributed by atoms with Crippen LogP contribution in [0.4, 0.5) is 0 Å². The molecule has 0 unspecified atom stereocenters. The molecule has 3 aromatic rings. The van der Waals surface area contributed by atoms with Crippen molar-refractivity contribution in [3.8, 4) is 11.4 Å². The molecule has 0 aliphatic heterocycles. The van der Waals surface area contributed by atoms with Gasteiger partial charge in [-0.1, -0.05) is 11.6 Å². The van der Waals surface area contributed by atoms with Crippen LogP contribution in [0.15, 0.2) is 30.5 Å². The Kier molecular flexibility index (Phi) is 2.97. The average Bonchev–Trinajstić information content (AvgIpc) is 2.84. The minimum absolute atomic E-state index is 0.267. The zero-order chi connectivity index (χ0) is 15.1. The summed E-state index contributed by atoms with van der Waals surface area (Å²) in [6.07, 6.45) is 1.67. The predicted octanol–water partition coefficient (Wildman–Crippen LogP) is 2.95. The first-order valence-electron chi connectivity index (χ1n) is 6.61. The SMILES string of the molecule is Cc1cc(C)c2nc(-c3ccnn3C)cc(C(=O)O)c2c1. The maximum atomic E-state index is 11.6. The van der Waals surface area contributed by atoms with Gasteiger partial charge in [-0.05, 0) is 37.6 Å². The van der Waals surface area contributed by atoms with Crippen molar-refractivity contribution < 1.29 is 9.90 Å². The van der Waals surface area contributed by atoms with Gasteiger partial charge in [-0.25, -0.2) is 9.78 Å². The normalized spacial score (nSPS) is 11.0. The van der Waals surface area contributed by atoms with Crippen LogP contribution in [-0.2, 0) is 7.05 Å². The molecule has 2 heterocycles. The van der Waals surface area contributed by atoms with Crippen LogP contribution in [0, 0.1) is 13.8 Å². The molecule has 2 aromatic heterocycles. The number of carboxylic acids is 1. The topological polar surface area (TPSA) is 68.0 Å². The molecule has 0 atom stereocenters. The minimum atomic E-state index is -0.948. The van der Waals surface area contributed by atoms with E-state index in [1.54, 1.807) is 16.9 Å². The van der Waals surface area contributed by atoms with E-state index in [4.69, 9.17) is 0 Å². The Morgan fingerprint density at radius 3 is 2.62 bits per heavy atom. The van der Waals surface area contributed by atoms with Gasteiger partial charge in [0, 0.05) is 18.6 Å². The van der Waals surface area contributed by atoms with Gasteiger partial charge in [-0.15, -0.1) is 0 Å². The zero-order valence-electron chi connectivity index (χ0n) is 12.1. The number of benzene rings is 1. The number of hydrogen-bond donors (Lipinski definition) is 1. The molecule has 0 saturated heterocycles. The summed E-state index contributed by atoms with van der Waals surface area (Å²) < 4.78 is 1.68. The van der Waals surface area contributed by atoms with Gasteiger partial charge in [0.1, 0.15) is 0 Å². The number of aryl methyl sites for hydroxylation is 3. The number of pyridine rings is 1. The average molecular weight is 281 g/mol. The number of carboxylic acid groups (broad SMARTS) is 1. The molecule has 3 rings (SSSR count). The fourth-order valence-corrected chi connectivity index (χ4v) is 2.61. The molecular formula is C16H15N3O2. The Hall–Kier alpha value is -2.69. The van der Waals surface area contributed by atoms with Gasteiger partial charge >= 0.3 is 5.97 Å². The van der Waals surface area contributed by atoms with E-state index in [-0.39, 0.29) is 5.56 Å². The molecule has 0 aliphatic rings. The van der Waals surface area contributed by atoms with E-state index in [9.17, 15) is 9.90 Å². The third kappa shape index (κ3) is 2.16. The first-order chi connectivity index (χ1) is 9.97. The molecule has 1 aromatic carbocycles. The fraction of sp³-hybridized carbons (Fsp3) is 0.188. The second-order valence-corrected chi connectivity index (χ2v) is 5.18. The number of carbonyl (C=O) groups is 1. The van der Waals surface area contributed by atoms with Crippen LogP contribution in [0.2, 0.25) is 0 Å². The smallest absolute Gasteiger partial charge is 0.336 e. The number of hydrogen-bond acceptors (Lipinski definition) is 3. The second kappa shape index (κ2) is 4.70. The van der Waals surface area contributed by atoms with E-state index < -0.39 is 5.97 Å². The molecule has 0 aliphatic carbocycles. The van der Waals surface area contributed by atoms with E-state index >= 15 is 0 Å². The maximum Gasteiger partial charge on any atom is 0.336 e. The number of aromatic nitrogens is 3. The summed E-state index contributed by atoms with van der Waals surface area (Å²) in [4.78, 5) is 16.2. The van der Waals surface area contributed by atoms with Crippen LogP contribution >= 0.6 is 0 Å².